The van der Waals surface area contributed by atoms with Crippen molar-refractivity contribution in [2.24, 2.45) is 0 Å². The molecule has 0 saturated carbocycles. The molecule has 20 heavy (non-hydrogen) atoms. The van der Waals surface area contributed by atoms with Crippen molar-refractivity contribution in [1.29, 1.82) is 0 Å². The lowest BCUT2D eigenvalue weighted by Crippen LogP contribution is -2.26. The van der Waals surface area contributed by atoms with Gasteiger partial charge in [-0.15, -0.1) is 0 Å². The van der Waals surface area contributed by atoms with E-state index in [4.69, 9.17) is 0 Å². The smallest absolute Gasteiger partial charge is 0.0256 e. The third kappa shape index (κ3) is 8.58. The van der Waals surface area contributed by atoms with Crippen LogP contribution >= 0.6 is 0 Å². The summed E-state index contributed by atoms with van der Waals surface area (Å²) >= 11 is 0. The highest BCUT2D eigenvalue weighted by Gasteiger charge is 2.18. The molecule has 2 atom stereocenters. The van der Waals surface area contributed by atoms with Gasteiger partial charge in [-0.05, 0) is 32.1 Å². The van der Waals surface area contributed by atoms with E-state index in [1.807, 2.05) is 0 Å². The molecule has 0 aromatic rings. The first-order valence-electron chi connectivity index (χ1n) is 8.96. The second-order valence-corrected chi connectivity index (χ2v) is 6.16. The van der Waals surface area contributed by atoms with Crippen molar-refractivity contribution in [3.8, 4) is 0 Å². The van der Waals surface area contributed by atoms with Gasteiger partial charge in [0.05, 0.1) is 0 Å². The van der Waals surface area contributed by atoms with Gasteiger partial charge in [-0.1, -0.05) is 76.7 Å². The molecule has 1 N–H and O–H groups in total. The van der Waals surface area contributed by atoms with Crippen LogP contribution in [0.15, 0.2) is 24.3 Å². The van der Waals surface area contributed by atoms with Crippen LogP contribution in [-0.4, -0.2) is 12.1 Å². The molecular weight excluding hydrogens is 242 g/mol. The van der Waals surface area contributed by atoms with E-state index in [1.54, 1.807) is 0 Å². The normalized spacial score (nSPS) is 23.3. The minimum Gasteiger partial charge on any atom is -0.304 e. The van der Waals surface area contributed by atoms with Crippen LogP contribution in [0.25, 0.3) is 0 Å². The highest BCUT2D eigenvalue weighted by atomic mass is 15.0. The first-order chi connectivity index (χ1) is 9.86. The standard InChI is InChI=1S/C19H35N/c1-3-5-7-9-10-11-13-15-19-17-16-18(20-19)14-12-8-6-4-2/h12-15,18-20H,3-11,16-17H2,1-2H3. The lowest BCUT2D eigenvalue weighted by atomic mass is 10.1. The van der Waals surface area contributed by atoms with Crippen molar-refractivity contribution in [2.75, 3.05) is 0 Å². The fraction of sp³-hybridized carbons (Fsp3) is 0.789. The Morgan fingerprint density at radius 1 is 0.750 bits per heavy atom. The Balaban J connectivity index is 2.04. The zero-order chi connectivity index (χ0) is 14.5. The molecule has 0 spiro atoms. The third-order valence-electron chi connectivity index (χ3n) is 4.15. The molecule has 0 radical (unpaired) electrons. The Morgan fingerprint density at radius 3 is 1.90 bits per heavy atom. The topological polar surface area (TPSA) is 12.0 Å². The average Bonchev–Trinajstić information content (AvgIpc) is 2.90. The molecule has 2 unspecified atom stereocenters. The summed E-state index contributed by atoms with van der Waals surface area (Å²) in [5, 5.41) is 3.71. The van der Waals surface area contributed by atoms with E-state index in [-0.39, 0.29) is 0 Å². The van der Waals surface area contributed by atoms with Crippen molar-refractivity contribution in [3.63, 3.8) is 0 Å². The molecule has 1 saturated heterocycles. The Morgan fingerprint density at radius 2 is 1.30 bits per heavy atom. The Labute approximate surface area is 126 Å². The molecule has 0 amide bonds. The zero-order valence-corrected chi connectivity index (χ0v) is 13.7. The van der Waals surface area contributed by atoms with Gasteiger partial charge in [0.2, 0.25) is 0 Å². The molecule has 1 heteroatoms. The molecule has 0 bridgehead atoms. The van der Waals surface area contributed by atoms with Gasteiger partial charge in [0, 0.05) is 12.1 Å². The summed E-state index contributed by atoms with van der Waals surface area (Å²) in [5.74, 6) is 0. The molecule has 1 rings (SSSR count). The van der Waals surface area contributed by atoms with Crippen LogP contribution < -0.4 is 5.32 Å². The molecule has 0 aromatic heterocycles. The second-order valence-electron chi connectivity index (χ2n) is 6.16. The predicted molar refractivity (Wildman–Crippen MR) is 91.1 cm³/mol. The molecule has 1 aliphatic heterocycles. The molecule has 1 aliphatic rings. The van der Waals surface area contributed by atoms with E-state index in [0.29, 0.717) is 12.1 Å². The Bertz CT molecular complexity index is 267. The van der Waals surface area contributed by atoms with E-state index < -0.39 is 0 Å². The molecule has 1 heterocycles. The van der Waals surface area contributed by atoms with Gasteiger partial charge in [-0.3, -0.25) is 0 Å². The van der Waals surface area contributed by atoms with E-state index in [2.05, 4.69) is 43.5 Å². The van der Waals surface area contributed by atoms with E-state index >= 15 is 0 Å². The number of rotatable bonds is 11. The average molecular weight is 277 g/mol. The third-order valence-corrected chi connectivity index (χ3v) is 4.15. The molecular formula is C19H35N. The number of hydrogen-bond donors (Lipinski definition) is 1. The van der Waals surface area contributed by atoms with Crippen molar-refractivity contribution < 1.29 is 0 Å². The van der Waals surface area contributed by atoms with Crippen LogP contribution in [0.4, 0.5) is 0 Å². The maximum atomic E-state index is 3.71. The van der Waals surface area contributed by atoms with Crippen molar-refractivity contribution in [3.05, 3.63) is 24.3 Å². The lowest BCUT2D eigenvalue weighted by Gasteiger charge is -2.07. The summed E-state index contributed by atoms with van der Waals surface area (Å²) in [6, 6.07) is 1.23. The monoisotopic (exact) mass is 277 g/mol. The lowest BCUT2D eigenvalue weighted by molar-refractivity contribution is 0.633. The number of unbranched alkanes of at least 4 members (excludes halogenated alkanes) is 7. The van der Waals surface area contributed by atoms with Crippen LogP contribution in [-0.2, 0) is 0 Å². The van der Waals surface area contributed by atoms with Crippen molar-refractivity contribution in [1.82, 2.24) is 5.32 Å². The fourth-order valence-electron chi connectivity index (χ4n) is 2.81. The maximum Gasteiger partial charge on any atom is 0.0256 e. The molecule has 0 aliphatic carbocycles. The molecule has 1 nitrogen and oxygen atoms in total. The van der Waals surface area contributed by atoms with Gasteiger partial charge in [0.1, 0.15) is 0 Å². The van der Waals surface area contributed by atoms with Gasteiger partial charge < -0.3 is 5.32 Å². The van der Waals surface area contributed by atoms with Gasteiger partial charge >= 0.3 is 0 Å². The largest absolute Gasteiger partial charge is 0.304 e. The van der Waals surface area contributed by atoms with Crippen molar-refractivity contribution >= 4 is 0 Å². The van der Waals surface area contributed by atoms with Crippen LogP contribution in [0, 0.1) is 0 Å². The van der Waals surface area contributed by atoms with Gasteiger partial charge in [0.25, 0.3) is 0 Å². The molecule has 0 aromatic carbocycles. The highest BCUT2D eigenvalue weighted by Crippen LogP contribution is 2.15. The SMILES string of the molecule is CCCCC=CC1CCC(C=CCCCCCCC)N1. The van der Waals surface area contributed by atoms with E-state index in [9.17, 15) is 0 Å². The summed E-state index contributed by atoms with van der Waals surface area (Å²) in [7, 11) is 0. The first kappa shape index (κ1) is 17.5. The minimum absolute atomic E-state index is 0.617. The van der Waals surface area contributed by atoms with Gasteiger partial charge in [-0.2, -0.15) is 0 Å². The van der Waals surface area contributed by atoms with E-state index in [0.717, 1.165) is 0 Å². The molecule has 116 valence electrons. The zero-order valence-electron chi connectivity index (χ0n) is 13.7. The Kier molecular flexibility index (Phi) is 10.7. The number of hydrogen-bond acceptors (Lipinski definition) is 1. The first-order valence-corrected chi connectivity index (χ1v) is 8.96. The maximum absolute atomic E-state index is 3.71. The number of nitrogens with one attached hydrogen (secondary N) is 1. The van der Waals surface area contributed by atoms with Gasteiger partial charge in [-0.25, -0.2) is 0 Å². The van der Waals surface area contributed by atoms with Crippen LogP contribution in [0.2, 0.25) is 0 Å². The van der Waals surface area contributed by atoms with Gasteiger partial charge in [0.15, 0.2) is 0 Å². The van der Waals surface area contributed by atoms with E-state index in [1.165, 1.54) is 70.6 Å². The summed E-state index contributed by atoms with van der Waals surface area (Å²) in [4.78, 5) is 0. The summed E-state index contributed by atoms with van der Waals surface area (Å²) < 4.78 is 0. The summed E-state index contributed by atoms with van der Waals surface area (Å²) in [6.45, 7) is 4.53. The fourth-order valence-corrected chi connectivity index (χ4v) is 2.81. The van der Waals surface area contributed by atoms with Crippen LogP contribution in [0.3, 0.4) is 0 Å². The second kappa shape index (κ2) is 12.2. The Hall–Kier alpha value is -0.560. The summed E-state index contributed by atoms with van der Waals surface area (Å²) in [5.41, 5.74) is 0. The molecule has 1 fully saturated rings. The quantitative estimate of drug-likeness (QED) is 0.373. The van der Waals surface area contributed by atoms with Crippen LogP contribution in [0.1, 0.15) is 84.5 Å². The van der Waals surface area contributed by atoms with Crippen LogP contribution in [0.5, 0.6) is 0 Å². The minimum atomic E-state index is 0.617. The number of allylic oxidation sites excluding steroid dienone is 2. The predicted octanol–water partition coefficient (Wildman–Crippen LogP) is 5.77. The van der Waals surface area contributed by atoms with Crippen molar-refractivity contribution in [2.45, 2.75) is 96.6 Å². The highest BCUT2D eigenvalue weighted by molar-refractivity contribution is 5.05. The summed E-state index contributed by atoms with van der Waals surface area (Å²) in [6.07, 6.45) is 24.2.